The maximum absolute atomic E-state index is 11.3. The largest absolute Gasteiger partial charge is 0.494 e. The Morgan fingerprint density at radius 1 is 1.21 bits per heavy atom. The van der Waals surface area contributed by atoms with Gasteiger partial charge >= 0.3 is 0 Å². The van der Waals surface area contributed by atoms with E-state index in [1.807, 2.05) is 31.2 Å². The first-order valence-electron chi connectivity index (χ1n) is 8.21. The van der Waals surface area contributed by atoms with Gasteiger partial charge in [-0.1, -0.05) is 0 Å². The van der Waals surface area contributed by atoms with Gasteiger partial charge in [0.1, 0.15) is 5.75 Å². The number of hydrogen-bond acceptors (Lipinski definition) is 7. The van der Waals surface area contributed by atoms with Crippen LogP contribution in [-0.2, 0) is 0 Å². The molecule has 2 rings (SSSR count). The molecule has 0 aliphatic rings. The Morgan fingerprint density at radius 3 is 2.43 bits per heavy atom. The molecule has 0 fully saturated rings. The number of nitro groups is 1. The number of hydrogen-bond donors (Lipinski definition) is 2. The molecule has 0 saturated carbocycles. The van der Waals surface area contributed by atoms with Gasteiger partial charge in [0.05, 0.1) is 43.6 Å². The Labute approximate surface area is 167 Å². The molecule has 0 amide bonds. The summed E-state index contributed by atoms with van der Waals surface area (Å²) in [7, 11) is 2.85. The summed E-state index contributed by atoms with van der Waals surface area (Å²) in [6.45, 7) is 2.50. The van der Waals surface area contributed by atoms with Crippen molar-refractivity contribution < 1.29 is 19.1 Å². The van der Waals surface area contributed by atoms with Crippen LogP contribution < -0.4 is 25.0 Å². The minimum absolute atomic E-state index is 0.173. The number of anilines is 1. The summed E-state index contributed by atoms with van der Waals surface area (Å²) >= 11 is 5.16. The van der Waals surface area contributed by atoms with Gasteiger partial charge in [-0.25, -0.2) is 0 Å². The van der Waals surface area contributed by atoms with E-state index in [0.717, 1.165) is 11.4 Å². The third kappa shape index (κ3) is 5.55. The molecule has 0 heterocycles. The number of ether oxygens (including phenoxy) is 3. The molecule has 0 aliphatic heterocycles. The van der Waals surface area contributed by atoms with E-state index in [4.69, 9.17) is 26.4 Å². The van der Waals surface area contributed by atoms with Crippen molar-refractivity contribution in [1.29, 1.82) is 0 Å². The zero-order chi connectivity index (χ0) is 20.5. The molecule has 0 spiro atoms. The maximum Gasteiger partial charge on any atom is 0.282 e. The first kappa shape index (κ1) is 20.9. The smallest absolute Gasteiger partial charge is 0.282 e. The van der Waals surface area contributed by atoms with Gasteiger partial charge in [0.15, 0.2) is 16.6 Å². The highest BCUT2D eigenvalue weighted by atomic mass is 32.1. The monoisotopic (exact) mass is 404 g/mol. The van der Waals surface area contributed by atoms with E-state index in [1.54, 1.807) is 0 Å². The SMILES string of the molecule is CCOc1ccc(NC(=S)N/N=C\c2cc(OC)c(OC)cc2[N+](=O)[O-])cc1. The Bertz CT molecular complexity index is 871. The number of thiocarbonyl (C=S) groups is 1. The maximum atomic E-state index is 11.3. The van der Waals surface area contributed by atoms with Crippen LogP contribution >= 0.6 is 12.2 Å². The Hall–Kier alpha value is -3.40. The Balaban J connectivity index is 2.06. The van der Waals surface area contributed by atoms with Gasteiger partial charge in [0, 0.05) is 5.69 Å². The van der Waals surface area contributed by atoms with Crippen LogP contribution in [0.3, 0.4) is 0 Å². The van der Waals surface area contributed by atoms with Gasteiger partial charge in [-0.15, -0.1) is 0 Å². The second-order valence-corrected chi connectivity index (χ2v) is 5.71. The summed E-state index contributed by atoms with van der Waals surface area (Å²) in [5.41, 5.74) is 3.42. The average Bonchev–Trinajstić information content (AvgIpc) is 2.69. The molecule has 0 aliphatic carbocycles. The van der Waals surface area contributed by atoms with Crippen molar-refractivity contribution in [2.75, 3.05) is 26.1 Å². The molecule has 28 heavy (non-hydrogen) atoms. The first-order chi connectivity index (χ1) is 13.5. The molecule has 0 radical (unpaired) electrons. The van der Waals surface area contributed by atoms with Crippen molar-refractivity contribution in [1.82, 2.24) is 5.43 Å². The number of nitrogens with zero attached hydrogens (tertiary/aromatic N) is 2. The Morgan fingerprint density at radius 2 is 1.86 bits per heavy atom. The van der Waals surface area contributed by atoms with Gasteiger partial charge < -0.3 is 19.5 Å². The molecule has 2 N–H and O–H groups in total. The zero-order valence-electron chi connectivity index (χ0n) is 15.6. The molecule has 0 bridgehead atoms. The molecule has 0 atom stereocenters. The second-order valence-electron chi connectivity index (χ2n) is 5.30. The predicted molar refractivity (Wildman–Crippen MR) is 111 cm³/mol. The highest BCUT2D eigenvalue weighted by Gasteiger charge is 2.18. The van der Waals surface area contributed by atoms with Crippen molar-refractivity contribution in [3.8, 4) is 17.2 Å². The third-order valence-electron chi connectivity index (χ3n) is 3.52. The lowest BCUT2D eigenvalue weighted by molar-refractivity contribution is -0.385. The van der Waals surface area contributed by atoms with E-state index in [2.05, 4.69) is 15.8 Å². The molecule has 9 nitrogen and oxygen atoms in total. The van der Waals surface area contributed by atoms with Crippen molar-refractivity contribution >= 4 is 34.9 Å². The lowest BCUT2D eigenvalue weighted by Gasteiger charge is -2.09. The molecular formula is C18H20N4O5S. The number of methoxy groups -OCH3 is 2. The molecule has 2 aromatic carbocycles. The average molecular weight is 404 g/mol. The molecular weight excluding hydrogens is 384 g/mol. The van der Waals surface area contributed by atoms with Gasteiger partial charge in [0.25, 0.3) is 5.69 Å². The fraction of sp³-hybridized carbons (Fsp3) is 0.222. The summed E-state index contributed by atoms with van der Waals surface area (Å²) < 4.78 is 15.6. The minimum atomic E-state index is -0.528. The van der Waals surface area contributed by atoms with E-state index < -0.39 is 4.92 Å². The second kappa shape index (κ2) is 10.1. The van der Waals surface area contributed by atoms with E-state index in [-0.39, 0.29) is 22.1 Å². The summed E-state index contributed by atoms with van der Waals surface area (Å²) in [5.74, 6) is 1.36. The van der Waals surface area contributed by atoms with Crippen molar-refractivity contribution in [2.24, 2.45) is 5.10 Å². The normalized spacial score (nSPS) is 10.4. The van der Waals surface area contributed by atoms with Crippen molar-refractivity contribution in [3.63, 3.8) is 0 Å². The van der Waals surface area contributed by atoms with Gasteiger partial charge in [-0.2, -0.15) is 5.10 Å². The lowest BCUT2D eigenvalue weighted by atomic mass is 10.1. The summed E-state index contributed by atoms with van der Waals surface area (Å²) in [6, 6.07) is 9.97. The van der Waals surface area contributed by atoms with Crippen LogP contribution in [0.25, 0.3) is 0 Å². The molecule has 0 unspecified atom stereocenters. The standard InChI is InChI=1S/C18H20N4O5S/c1-4-27-14-7-5-13(6-8-14)20-18(28)21-19-11-12-9-16(25-2)17(26-3)10-15(12)22(23)24/h5-11H,4H2,1-3H3,(H2,20,21,28)/b19-11-. The van der Waals surface area contributed by atoms with E-state index >= 15 is 0 Å². The van der Waals surface area contributed by atoms with Crippen molar-refractivity contribution in [2.45, 2.75) is 6.92 Å². The predicted octanol–water partition coefficient (Wildman–Crippen LogP) is 3.33. The fourth-order valence-corrected chi connectivity index (χ4v) is 2.44. The van der Waals surface area contributed by atoms with Gasteiger partial charge in [0.2, 0.25) is 0 Å². The van der Waals surface area contributed by atoms with E-state index in [9.17, 15) is 10.1 Å². The zero-order valence-corrected chi connectivity index (χ0v) is 16.4. The summed E-state index contributed by atoms with van der Waals surface area (Å²) in [5, 5.41) is 18.4. The topological polar surface area (TPSA) is 107 Å². The summed E-state index contributed by atoms with van der Waals surface area (Å²) in [4.78, 5) is 10.8. The highest BCUT2D eigenvalue weighted by molar-refractivity contribution is 7.80. The van der Waals surface area contributed by atoms with E-state index in [0.29, 0.717) is 12.4 Å². The molecule has 0 aromatic heterocycles. The van der Waals surface area contributed by atoms with Crippen molar-refractivity contribution in [3.05, 3.63) is 52.1 Å². The minimum Gasteiger partial charge on any atom is -0.494 e. The molecule has 0 saturated heterocycles. The lowest BCUT2D eigenvalue weighted by Crippen LogP contribution is -2.23. The van der Waals surface area contributed by atoms with Crippen LogP contribution in [0.1, 0.15) is 12.5 Å². The van der Waals surface area contributed by atoms with Crippen LogP contribution in [0.2, 0.25) is 0 Å². The Kier molecular flexibility index (Phi) is 7.52. The quantitative estimate of drug-likeness (QED) is 0.299. The molecule has 148 valence electrons. The van der Waals surface area contributed by atoms with E-state index in [1.165, 1.54) is 32.6 Å². The van der Waals surface area contributed by atoms with Crippen LogP contribution in [0.15, 0.2) is 41.5 Å². The van der Waals surface area contributed by atoms with Gasteiger partial charge in [-0.05, 0) is 49.5 Å². The molecule has 2 aromatic rings. The van der Waals surface area contributed by atoms with Crippen LogP contribution in [0.4, 0.5) is 11.4 Å². The van der Waals surface area contributed by atoms with Crippen LogP contribution in [0.5, 0.6) is 17.2 Å². The molecule has 10 heteroatoms. The number of nitrogens with one attached hydrogen (secondary N) is 2. The first-order valence-corrected chi connectivity index (χ1v) is 8.62. The number of hydrazone groups is 1. The highest BCUT2D eigenvalue weighted by Crippen LogP contribution is 2.33. The number of rotatable bonds is 8. The third-order valence-corrected chi connectivity index (χ3v) is 3.72. The number of benzene rings is 2. The number of nitro benzene ring substituents is 1. The fourth-order valence-electron chi connectivity index (χ4n) is 2.27. The van der Waals surface area contributed by atoms with Gasteiger partial charge in [-0.3, -0.25) is 15.5 Å². The summed E-state index contributed by atoms with van der Waals surface area (Å²) in [6.07, 6.45) is 1.28. The van der Waals surface area contributed by atoms with Crippen LogP contribution in [-0.4, -0.2) is 37.1 Å². The van der Waals surface area contributed by atoms with Crippen LogP contribution in [0, 0.1) is 10.1 Å².